The van der Waals surface area contributed by atoms with Gasteiger partial charge in [-0.1, -0.05) is 0 Å². The Labute approximate surface area is 190 Å². The van der Waals surface area contributed by atoms with E-state index in [2.05, 4.69) is 43.4 Å². The molecule has 0 radical (unpaired) electrons. The van der Waals surface area contributed by atoms with Crippen molar-refractivity contribution < 1.29 is 4.74 Å². The number of aliphatic imine (C=N–C) groups is 1. The van der Waals surface area contributed by atoms with Crippen molar-refractivity contribution in [2.75, 3.05) is 13.6 Å². The smallest absolute Gasteiger partial charge is 0.213 e. The Morgan fingerprint density at radius 3 is 2.72 bits per heavy atom. The summed E-state index contributed by atoms with van der Waals surface area (Å²) in [5.41, 5.74) is 3.40. The predicted octanol–water partition coefficient (Wildman–Crippen LogP) is 3.59. The molecule has 8 heteroatoms. The van der Waals surface area contributed by atoms with Crippen molar-refractivity contribution in [1.29, 1.82) is 0 Å². The highest BCUT2D eigenvalue weighted by atomic mass is 127. The SMILES string of the molecule is CN=C(NCCCn1nc(C)cc1C)NCc1ccnc(OC2CCCC2)c1.I. The third-order valence-corrected chi connectivity index (χ3v) is 5.01. The molecule has 0 unspecified atom stereocenters. The Morgan fingerprint density at radius 2 is 2.03 bits per heavy atom. The summed E-state index contributed by atoms with van der Waals surface area (Å²) >= 11 is 0. The lowest BCUT2D eigenvalue weighted by Crippen LogP contribution is -2.37. The standard InChI is InChI=1S/C21H32N6O.HI/c1-16-13-17(2)27(26-16)12-6-10-24-21(22-3)25-15-18-9-11-23-20(14-18)28-19-7-4-5-8-19;/h9,11,13-14,19H,4-8,10,12,15H2,1-3H3,(H2,22,24,25);1H. The maximum absolute atomic E-state index is 5.99. The van der Waals surface area contributed by atoms with Crippen LogP contribution < -0.4 is 15.4 Å². The van der Waals surface area contributed by atoms with Crippen LogP contribution in [0.2, 0.25) is 0 Å². The van der Waals surface area contributed by atoms with Gasteiger partial charge in [0.25, 0.3) is 0 Å². The lowest BCUT2D eigenvalue weighted by Gasteiger charge is -2.14. The summed E-state index contributed by atoms with van der Waals surface area (Å²) in [6.07, 6.45) is 7.91. The van der Waals surface area contributed by atoms with Crippen molar-refractivity contribution in [1.82, 2.24) is 25.4 Å². The largest absolute Gasteiger partial charge is 0.474 e. The van der Waals surface area contributed by atoms with Crippen LogP contribution in [0.15, 0.2) is 29.4 Å². The van der Waals surface area contributed by atoms with Crippen LogP contribution >= 0.6 is 24.0 Å². The van der Waals surface area contributed by atoms with Crippen LogP contribution in [-0.4, -0.2) is 40.4 Å². The first-order valence-corrected chi connectivity index (χ1v) is 10.2. The van der Waals surface area contributed by atoms with E-state index in [0.29, 0.717) is 12.6 Å². The van der Waals surface area contributed by atoms with Crippen LogP contribution in [0.4, 0.5) is 0 Å². The van der Waals surface area contributed by atoms with E-state index < -0.39 is 0 Å². The van der Waals surface area contributed by atoms with Gasteiger partial charge in [-0.15, -0.1) is 24.0 Å². The average molecular weight is 512 g/mol. The van der Waals surface area contributed by atoms with Crippen LogP contribution in [0.25, 0.3) is 0 Å². The average Bonchev–Trinajstić information content (AvgIpc) is 3.30. The van der Waals surface area contributed by atoms with Crippen LogP contribution in [0, 0.1) is 13.8 Å². The van der Waals surface area contributed by atoms with E-state index in [1.165, 1.54) is 18.5 Å². The molecule has 1 fully saturated rings. The third-order valence-electron chi connectivity index (χ3n) is 5.01. The molecule has 1 aliphatic carbocycles. The molecular formula is C21H33IN6O. The lowest BCUT2D eigenvalue weighted by molar-refractivity contribution is 0.201. The highest BCUT2D eigenvalue weighted by molar-refractivity contribution is 14.0. The van der Waals surface area contributed by atoms with E-state index in [4.69, 9.17) is 4.74 Å². The number of halogens is 1. The van der Waals surface area contributed by atoms with Gasteiger partial charge in [0.1, 0.15) is 6.10 Å². The minimum Gasteiger partial charge on any atom is -0.474 e. The zero-order valence-corrected chi connectivity index (χ0v) is 20.0. The Hall–Kier alpha value is -1.84. The molecule has 1 aliphatic rings. The molecule has 3 rings (SSSR count). The molecule has 0 atom stereocenters. The number of hydrogen-bond acceptors (Lipinski definition) is 4. The number of aryl methyl sites for hydroxylation is 3. The molecule has 0 aromatic carbocycles. The number of pyridine rings is 1. The molecule has 160 valence electrons. The Balaban J connectivity index is 0.00000300. The number of nitrogens with zero attached hydrogens (tertiary/aromatic N) is 4. The molecule has 29 heavy (non-hydrogen) atoms. The van der Waals surface area contributed by atoms with E-state index in [1.807, 2.05) is 25.3 Å². The number of ether oxygens (including phenoxy) is 1. The minimum absolute atomic E-state index is 0. The van der Waals surface area contributed by atoms with Crippen molar-refractivity contribution in [2.45, 2.75) is 65.1 Å². The lowest BCUT2D eigenvalue weighted by atomic mass is 10.2. The van der Waals surface area contributed by atoms with Gasteiger partial charge in [-0.25, -0.2) is 4.98 Å². The van der Waals surface area contributed by atoms with Crippen molar-refractivity contribution in [3.05, 3.63) is 41.3 Å². The first kappa shape index (κ1) is 23.4. The Kier molecular flexibility index (Phi) is 9.69. The van der Waals surface area contributed by atoms with Crippen molar-refractivity contribution in [2.24, 2.45) is 4.99 Å². The van der Waals surface area contributed by atoms with Gasteiger partial charge in [-0.3, -0.25) is 9.67 Å². The first-order valence-electron chi connectivity index (χ1n) is 10.2. The van der Waals surface area contributed by atoms with Gasteiger partial charge in [-0.2, -0.15) is 5.10 Å². The van der Waals surface area contributed by atoms with Gasteiger partial charge >= 0.3 is 0 Å². The molecular weight excluding hydrogens is 479 g/mol. The van der Waals surface area contributed by atoms with Crippen molar-refractivity contribution >= 4 is 29.9 Å². The predicted molar refractivity (Wildman–Crippen MR) is 127 cm³/mol. The molecule has 2 aromatic rings. The van der Waals surface area contributed by atoms with Gasteiger partial charge in [0, 0.05) is 44.6 Å². The molecule has 2 N–H and O–H groups in total. The molecule has 2 aromatic heterocycles. The van der Waals surface area contributed by atoms with Gasteiger partial charge in [0.15, 0.2) is 5.96 Å². The number of rotatable bonds is 8. The molecule has 0 bridgehead atoms. The molecule has 0 aliphatic heterocycles. The van der Waals surface area contributed by atoms with Crippen LogP contribution in [-0.2, 0) is 13.1 Å². The van der Waals surface area contributed by atoms with E-state index in [-0.39, 0.29) is 24.0 Å². The van der Waals surface area contributed by atoms with Crippen LogP contribution in [0.5, 0.6) is 5.88 Å². The second-order valence-electron chi connectivity index (χ2n) is 7.38. The van der Waals surface area contributed by atoms with E-state index in [1.54, 1.807) is 7.05 Å². The second-order valence-corrected chi connectivity index (χ2v) is 7.38. The van der Waals surface area contributed by atoms with E-state index in [9.17, 15) is 0 Å². The van der Waals surface area contributed by atoms with Gasteiger partial charge in [0.2, 0.25) is 5.88 Å². The molecule has 0 spiro atoms. The number of guanidine groups is 1. The van der Waals surface area contributed by atoms with Crippen molar-refractivity contribution in [3.8, 4) is 5.88 Å². The first-order chi connectivity index (χ1) is 13.6. The monoisotopic (exact) mass is 512 g/mol. The summed E-state index contributed by atoms with van der Waals surface area (Å²) in [7, 11) is 1.79. The maximum atomic E-state index is 5.99. The van der Waals surface area contributed by atoms with Crippen LogP contribution in [0.3, 0.4) is 0 Å². The zero-order valence-electron chi connectivity index (χ0n) is 17.6. The quantitative estimate of drug-likeness (QED) is 0.245. The maximum Gasteiger partial charge on any atom is 0.213 e. The minimum atomic E-state index is 0. The molecule has 0 saturated heterocycles. The van der Waals surface area contributed by atoms with E-state index in [0.717, 1.165) is 55.4 Å². The van der Waals surface area contributed by atoms with Gasteiger partial charge in [-0.05, 0) is 63.6 Å². The number of aromatic nitrogens is 3. The second kappa shape index (κ2) is 12.0. The summed E-state index contributed by atoms with van der Waals surface area (Å²) in [6, 6.07) is 6.12. The van der Waals surface area contributed by atoms with Gasteiger partial charge in [0.05, 0.1) is 5.69 Å². The van der Waals surface area contributed by atoms with Crippen molar-refractivity contribution in [3.63, 3.8) is 0 Å². The summed E-state index contributed by atoms with van der Waals surface area (Å²) in [5, 5.41) is 11.2. The fourth-order valence-electron chi connectivity index (χ4n) is 3.55. The number of hydrogen-bond donors (Lipinski definition) is 2. The summed E-state index contributed by atoms with van der Waals surface area (Å²) in [4.78, 5) is 8.64. The highest BCUT2D eigenvalue weighted by Gasteiger charge is 2.17. The molecule has 2 heterocycles. The Bertz CT molecular complexity index is 785. The zero-order chi connectivity index (χ0) is 19.8. The summed E-state index contributed by atoms with van der Waals surface area (Å²) in [5.74, 6) is 1.52. The van der Waals surface area contributed by atoms with E-state index >= 15 is 0 Å². The fraction of sp³-hybridized carbons (Fsp3) is 0.571. The third kappa shape index (κ3) is 7.49. The normalized spacial score (nSPS) is 14.5. The molecule has 7 nitrogen and oxygen atoms in total. The fourth-order valence-corrected chi connectivity index (χ4v) is 3.55. The van der Waals surface area contributed by atoms with Crippen LogP contribution in [0.1, 0.15) is 49.1 Å². The Morgan fingerprint density at radius 1 is 1.24 bits per heavy atom. The van der Waals surface area contributed by atoms with Gasteiger partial charge < -0.3 is 15.4 Å². The summed E-state index contributed by atoms with van der Waals surface area (Å²) in [6.45, 7) is 6.53. The molecule has 1 saturated carbocycles. The highest BCUT2D eigenvalue weighted by Crippen LogP contribution is 2.23. The number of nitrogens with one attached hydrogen (secondary N) is 2. The molecule has 0 amide bonds. The summed E-state index contributed by atoms with van der Waals surface area (Å²) < 4.78 is 8.04. The topological polar surface area (TPSA) is 76.4 Å².